The van der Waals surface area contributed by atoms with Gasteiger partial charge < -0.3 is 10.1 Å². The van der Waals surface area contributed by atoms with Gasteiger partial charge in [-0.3, -0.25) is 19.6 Å². The number of carbonyl (C=O) groups excluding carboxylic acids is 1. The summed E-state index contributed by atoms with van der Waals surface area (Å²) in [7, 11) is 0. The van der Waals surface area contributed by atoms with Gasteiger partial charge in [-0.15, -0.1) is 0 Å². The lowest BCUT2D eigenvalue weighted by Gasteiger charge is -2.38. The Labute approximate surface area is 189 Å². The molecule has 1 aliphatic rings. The molecule has 32 heavy (non-hydrogen) atoms. The topological polar surface area (TPSA) is 57.7 Å². The van der Waals surface area contributed by atoms with Crippen molar-refractivity contribution in [2.75, 3.05) is 38.1 Å². The number of benzene rings is 2. The Morgan fingerprint density at radius 2 is 1.66 bits per heavy atom. The van der Waals surface area contributed by atoms with Gasteiger partial charge in [-0.2, -0.15) is 0 Å². The Morgan fingerprint density at radius 3 is 2.38 bits per heavy atom. The van der Waals surface area contributed by atoms with E-state index in [-0.39, 0.29) is 11.9 Å². The molecule has 1 aliphatic heterocycles. The van der Waals surface area contributed by atoms with E-state index in [1.165, 1.54) is 5.56 Å². The van der Waals surface area contributed by atoms with Gasteiger partial charge in [0.1, 0.15) is 11.8 Å². The number of carbonyl (C=O) groups is 1. The quantitative estimate of drug-likeness (QED) is 0.586. The van der Waals surface area contributed by atoms with Crippen molar-refractivity contribution in [3.8, 4) is 5.75 Å². The molecule has 0 radical (unpaired) electrons. The fourth-order valence-corrected chi connectivity index (χ4v) is 4.14. The molecule has 1 fully saturated rings. The van der Waals surface area contributed by atoms with Gasteiger partial charge in [-0.05, 0) is 42.3 Å². The lowest BCUT2D eigenvalue weighted by atomic mass is 10.0. The Kier molecular flexibility index (Phi) is 7.48. The molecule has 1 saturated heterocycles. The minimum atomic E-state index is -0.353. The largest absolute Gasteiger partial charge is 0.492 e. The van der Waals surface area contributed by atoms with Gasteiger partial charge in [0.05, 0.1) is 12.3 Å². The highest BCUT2D eigenvalue weighted by molar-refractivity contribution is 5.96. The second-order valence-electron chi connectivity index (χ2n) is 7.90. The van der Waals surface area contributed by atoms with E-state index in [4.69, 9.17) is 4.74 Å². The number of pyridine rings is 1. The molecular formula is C26H30N4O2. The van der Waals surface area contributed by atoms with Gasteiger partial charge in [-0.1, -0.05) is 42.5 Å². The molecule has 1 amide bonds. The maximum absolute atomic E-state index is 13.5. The molecule has 2 aromatic carbocycles. The standard InChI is InChI=1S/C26H30N4O2/c1-2-32-24-11-7-6-10-23(24)28-26(31)25(22-8-4-3-5-9-22)30-18-16-29(17-19-30)20-21-12-14-27-15-13-21/h3-15,25H,2,16-20H2,1H3,(H,28,31). The van der Waals surface area contributed by atoms with Crippen LogP contribution < -0.4 is 10.1 Å². The predicted octanol–water partition coefficient (Wildman–Crippen LogP) is 3.98. The summed E-state index contributed by atoms with van der Waals surface area (Å²) in [5.74, 6) is 0.656. The zero-order chi connectivity index (χ0) is 22.2. The first-order valence-electron chi connectivity index (χ1n) is 11.2. The summed E-state index contributed by atoms with van der Waals surface area (Å²) in [4.78, 5) is 22.3. The van der Waals surface area contributed by atoms with E-state index >= 15 is 0 Å². The smallest absolute Gasteiger partial charge is 0.246 e. The van der Waals surface area contributed by atoms with Crippen LogP contribution in [0.2, 0.25) is 0 Å². The molecule has 6 heteroatoms. The number of hydrogen-bond donors (Lipinski definition) is 1. The van der Waals surface area contributed by atoms with Gasteiger partial charge in [0.2, 0.25) is 5.91 Å². The van der Waals surface area contributed by atoms with Crippen molar-refractivity contribution in [1.82, 2.24) is 14.8 Å². The molecule has 1 aromatic heterocycles. The minimum absolute atomic E-state index is 0.0362. The molecule has 6 nitrogen and oxygen atoms in total. The third-order valence-corrected chi connectivity index (χ3v) is 5.74. The first-order valence-corrected chi connectivity index (χ1v) is 11.2. The van der Waals surface area contributed by atoms with E-state index in [0.717, 1.165) is 38.3 Å². The summed E-state index contributed by atoms with van der Waals surface area (Å²) in [6, 6.07) is 21.4. The molecule has 4 rings (SSSR count). The molecule has 1 N–H and O–H groups in total. The number of amides is 1. The van der Waals surface area contributed by atoms with Crippen molar-refractivity contribution < 1.29 is 9.53 Å². The number of hydrogen-bond acceptors (Lipinski definition) is 5. The minimum Gasteiger partial charge on any atom is -0.492 e. The number of nitrogens with one attached hydrogen (secondary N) is 1. The highest BCUT2D eigenvalue weighted by atomic mass is 16.5. The Hall–Kier alpha value is -3.22. The molecule has 1 atom stereocenters. The zero-order valence-electron chi connectivity index (χ0n) is 18.5. The van der Waals surface area contributed by atoms with Crippen LogP contribution >= 0.6 is 0 Å². The maximum Gasteiger partial charge on any atom is 0.246 e. The molecule has 0 aliphatic carbocycles. The predicted molar refractivity (Wildman–Crippen MR) is 127 cm³/mol. The zero-order valence-corrected chi connectivity index (χ0v) is 18.5. The fourth-order valence-electron chi connectivity index (χ4n) is 4.14. The van der Waals surface area contributed by atoms with E-state index in [0.29, 0.717) is 18.0 Å². The highest BCUT2D eigenvalue weighted by Gasteiger charge is 2.31. The summed E-state index contributed by atoms with van der Waals surface area (Å²) < 4.78 is 5.70. The Balaban J connectivity index is 1.48. The second kappa shape index (κ2) is 10.9. The third-order valence-electron chi connectivity index (χ3n) is 5.74. The average molecular weight is 431 g/mol. The summed E-state index contributed by atoms with van der Waals surface area (Å²) in [5, 5.41) is 3.12. The first kappa shape index (κ1) is 22.0. The van der Waals surface area contributed by atoms with Crippen molar-refractivity contribution in [2.24, 2.45) is 0 Å². The molecule has 0 bridgehead atoms. The number of ether oxygens (including phenoxy) is 1. The van der Waals surface area contributed by atoms with Crippen LogP contribution in [0.5, 0.6) is 5.75 Å². The van der Waals surface area contributed by atoms with Crippen molar-refractivity contribution in [1.29, 1.82) is 0 Å². The lowest BCUT2D eigenvalue weighted by molar-refractivity contribution is -0.122. The number of anilines is 1. The summed E-state index contributed by atoms with van der Waals surface area (Å²) >= 11 is 0. The molecule has 1 unspecified atom stereocenters. The van der Waals surface area contributed by atoms with Crippen LogP contribution in [0.1, 0.15) is 24.1 Å². The van der Waals surface area contributed by atoms with Crippen LogP contribution in [0.4, 0.5) is 5.69 Å². The van der Waals surface area contributed by atoms with E-state index in [1.54, 1.807) is 0 Å². The number of nitrogens with zero attached hydrogens (tertiary/aromatic N) is 3. The molecule has 166 valence electrons. The van der Waals surface area contributed by atoms with E-state index in [2.05, 4.69) is 32.2 Å². The number of piperazine rings is 1. The van der Waals surface area contributed by atoms with Crippen LogP contribution in [0.15, 0.2) is 79.1 Å². The van der Waals surface area contributed by atoms with Crippen LogP contribution in [0, 0.1) is 0 Å². The van der Waals surface area contributed by atoms with Crippen LogP contribution in [0.25, 0.3) is 0 Å². The van der Waals surface area contributed by atoms with Crippen molar-refractivity contribution >= 4 is 11.6 Å². The second-order valence-corrected chi connectivity index (χ2v) is 7.90. The van der Waals surface area contributed by atoms with Crippen molar-refractivity contribution in [3.63, 3.8) is 0 Å². The van der Waals surface area contributed by atoms with Crippen LogP contribution in [-0.4, -0.2) is 53.5 Å². The van der Waals surface area contributed by atoms with Gasteiger partial charge in [-0.25, -0.2) is 0 Å². The van der Waals surface area contributed by atoms with Crippen LogP contribution in [0.3, 0.4) is 0 Å². The highest BCUT2D eigenvalue weighted by Crippen LogP contribution is 2.28. The molecule has 3 aromatic rings. The Morgan fingerprint density at radius 1 is 0.969 bits per heavy atom. The fraction of sp³-hybridized carbons (Fsp3) is 0.308. The maximum atomic E-state index is 13.5. The average Bonchev–Trinajstić information content (AvgIpc) is 2.83. The van der Waals surface area contributed by atoms with Crippen LogP contribution in [-0.2, 0) is 11.3 Å². The summed E-state index contributed by atoms with van der Waals surface area (Å²) in [6.45, 7) is 6.87. The molecule has 0 spiro atoms. The van der Waals surface area contributed by atoms with Gasteiger partial charge in [0, 0.05) is 45.1 Å². The van der Waals surface area contributed by atoms with Crippen molar-refractivity contribution in [2.45, 2.75) is 19.5 Å². The normalized spacial score (nSPS) is 15.8. The van der Waals surface area contributed by atoms with Crippen molar-refractivity contribution in [3.05, 3.63) is 90.3 Å². The molecule has 2 heterocycles. The summed E-state index contributed by atoms with van der Waals surface area (Å²) in [6.07, 6.45) is 3.67. The molecular weight excluding hydrogens is 400 g/mol. The lowest BCUT2D eigenvalue weighted by Crippen LogP contribution is -2.49. The van der Waals surface area contributed by atoms with E-state index in [1.807, 2.05) is 73.9 Å². The SMILES string of the molecule is CCOc1ccccc1NC(=O)C(c1ccccc1)N1CCN(Cc2ccncc2)CC1. The number of rotatable bonds is 8. The van der Waals surface area contributed by atoms with E-state index < -0.39 is 0 Å². The summed E-state index contributed by atoms with van der Waals surface area (Å²) in [5.41, 5.74) is 2.97. The van der Waals surface area contributed by atoms with E-state index in [9.17, 15) is 4.79 Å². The first-order chi connectivity index (χ1) is 15.7. The number of para-hydroxylation sites is 2. The third kappa shape index (κ3) is 5.52. The van der Waals surface area contributed by atoms with Gasteiger partial charge >= 0.3 is 0 Å². The van der Waals surface area contributed by atoms with Gasteiger partial charge in [0.15, 0.2) is 0 Å². The molecule has 0 saturated carbocycles. The number of aromatic nitrogens is 1. The van der Waals surface area contributed by atoms with Gasteiger partial charge in [0.25, 0.3) is 0 Å². The Bertz CT molecular complexity index is 989. The monoisotopic (exact) mass is 430 g/mol.